The normalized spacial score (nSPS) is 16.2. The van der Waals surface area contributed by atoms with Gasteiger partial charge in [-0.1, -0.05) is 0 Å². The Kier molecular flexibility index (Phi) is 5.93. The number of nitrogens with zero attached hydrogens (tertiary/aromatic N) is 1. The number of rotatable bonds is 7. The first-order valence-electron chi connectivity index (χ1n) is 7.57. The van der Waals surface area contributed by atoms with Crippen molar-refractivity contribution >= 4 is 7.28 Å². The van der Waals surface area contributed by atoms with Gasteiger partial charge in [0.05, 0.1) is 0 Å². The summed E-state index contributed by atoms with van der Waals surface area (Å²) in [6, 6.07) is 9.60. The maximum absolute atomic E-state index is 10.4. The van der Waals surface area contributed by atoms with Crippen molar-refractivity contribution in [1.29, 1.82) is 0 Å². The molecule has 0 aliphatic rings. The SMILES string of the molecule is CC(C)N(C(C)C)C(C)CP(O)(O)(O)Cc1ccccc1. The molecule has 1 unspecified atom stereocenters. The average Bonchev–Trinajstić information content (AvgIpc) is 2.25. The Balaban J connectivity index is 2.86. The molecule has 122 valence electrons. The molecule has 1 aromatic carbocycles. The van der Waals surface area contributed by atoms with Crippen molar-refractivity contribution in [1.82, 2.24) is 4.90 Å². The van der Waals surface area contributed by atoms with Crippen molar-refractivity contribution in [3.05, 3.63) is 35.9 Å². The van der Waals surface area contributed by atoms with Crippen LogP contribution >= 0.6 is 7.28 Å². The standard InChI is InChI=1S/C16H30NO3P/c1-13(2)17(14(3)4)15(5)11-21(18,19,20)12-16-9-7-6-8-10-16/h6-10,13-15,18-20H,11-12H2,1-5H3. The molecule has 3 N–H and O–H groups in total. The van der Waals surface area contributed by atoms with Crippen LogP contribution in [0.15, 0.2) is 30.3 Å². The van der Waals surface area contributed by atoms with Crippen LogP contribution in [0.4, 0.5) is 0 Å². The van der Waals surface area contributed by atoms with Gasteiger partial charge < -0.3 is 0 Å². The van der Waals surface area contributed by atoms with E-state index < -0.39 is 7.28 Å². The van der Waals surface area contributed by atoms with E-state index in [-0.39, 0.29) is 30.4 Å². The Morgan fingerprint density at radius 1 is 0.905 bits per heavy atom. The summed E-state index contributed by atoms with van der Waals surface area (Å²) in [6.45, 7) is 10.3. The van der Waals surface area contributed by atoms with Crippen LogP contribution in [0.25, 0.3) is 0 Å². The minimum absolute atomic E-state index is 0.00312. The van der Waals surface area contributed by atoms with Crippen molar-refractivity contribution in [2.75, 3.05) is 6.16 Å². The second-order valence-electron chi connectivity index (χ2n) is 6.65. The summed E-state index contributed by atoms with van der Waals surface area (Å²) < 4.78 is 0. The maximum atomic E-state index is 10.4. The number of hydrogen-bond donors (Lipinski definition) is 3. The van der Waals surface area contributed by atoms with Gasteiger partial charge in [0, 0.05) is 0 Å². The van der Waals surface area contributed by atoms with E-state index in [1.165, 1.54) is 0 Å². The molecule has 0 aliphatic heterocycles. The van der Waals surface area contributed by atoms with Crippen molar-refractivity contribution in [2.45, 2.75) is 58.9 Å². The summed E-state index contributed by atoms with van der Waals surface area (Å²) in [4.78, 5) is 33.5. The molecule has 0 spiro atoms. The van der Waals surface area contributed by atoms with Crippen molar-refractivity contribution in [2.24, 2.45) is 0 Å². The van der Waals surface area contributed by atoms with E-state index in [9.17, 15) is 14.7 Å². The molecule has 0 heterocycles. The molecule has 4 nitrogen and oxygen atoms in total. The van der Waals surface area contributed by atoms with E-state index >= 15 is 0 Å². The topological polar surface area (TPSA) is 63.9 Å². The first-order valence-corrected chi connectivity index (χ1v) is 10.0. The van der Waals surface area contributed by atoms with Gasteiger partial charge >= 0.3 is 128 Å². The van der Waals surface area contributed by atoms with Gasteiger partial charge in [-0.2, -0.15) is 0 Å². The van der Waals surface area contributed by atoms with Gasteiger partial charge in [0.15, 0.2) is 0 Å². The van der Waals surface area contributed by atoms with Crippen LogP contribution in [0.1, 0.15) is 40.2 Å². The first kappa shape index (κ1) is 18.5. The fourth-order valence-corrected chi connectivity index (χ4v) is 5.63. The Bertz CT molecular complexity index is 432. The van der Waals surface area contributed by atoms with Gasteiger partial charge in [0.2, 0.25) is 0 Å². The number of benzene rings is 1. The molecule has 0 aliphatic carbocycles. The summed E-state index contributed by atoms with van der Waals surface area (Å²) in [5.74, 6) is 0. The molecular formula is C16H30NO3P. The van der Waals surface area contributed by atoms with Gasteiger partial charge in [-0.05, 0) is 0 Å². The van der Waals surface area contributed by atoms with Crippen LogP contribution in [0.5, 0.6) is 0 Å². The molecule has 1 atom stereocenters. The molecule has 5 heteroatoms. The average molecular weight is 315 g/mol. The zero-order chi connectivity index (χ0) is 16.3. The molecule has 0 fully saturated rings. The van der Waals surface area contributed by atoms with Crippen LogP contribution in [-0.2, 0) is 6.16 Å². The zero-order valence-electron chi connectivity index (χ0n) is 13.8. The van der Waals surface area contributed by atoms with E-state index in [4.69, 9.17) is 0 Å². The van der Waals surface area contributed by atoms with E-state index in [2.05, 4.69) is 32.6 Å². The molecule has 0 saturated heterocycles. The molecule has 1 rings (SSSR count). The summed E-state index contributed by atoms with van der Waals surface area (Å²) >= 11 is 0. The monoisotopic (exact) mass is 315 g/mol. The molecule has 0 radical (unpaired) electrons. The third-order valence-corrected chi connectivity index (χ3v) is 5.98. The fraction of sp³-hybridized carbons (Fsp3) is 0.625. The van der Waals surface area contributed by atoms with Gasteiger partial charge in [-0.3, -0.25) is 0 Å². The van der Waals surface area contributed by atoms with Crippen LogP contribution < -0.4 is 0 Å². The van der Waals surface area contributed by atoms with Crippen LogP contribution in [-0.4, -0.2) is 43.9 Å². The third-order valence-electron chi connectivity index (χ3n) is 3.69. The summed E-state index contributed by atoms with van der Waals surface area (Å²) in [5, 5.41) is 0. The molecule has 0 bridgehead atoms. The Labute approximate surface area is 128 Å². The quantitative estimate of drug-likeness (QED) is 0.677. The molecule has 1 aromatic rings. The summed E-state index contributed by atoms with van der Waals surface area (Å²) in [5.41, 5.74) is 0.746. The molecule has 0 aromatic heterocycles. The number of hydrogen-bond acceptors (Lipinski definition) is 4. The molecule has 0 amide bonds. The molecule has 21 heavy (non-hydrogen) atoms. The predicted octanol–water partition coefficient (Wildman–Crippen LogP) is 2.97. The van der Waals surface area contributed by atoms with Crippen LogP contribution in [0, 0.1) is 0 Å². The second-order valence-corrected chi connectivity index (χ2v) is 10.0. The first-order chi connectivity index (χ1) is 9.49. The summed E-state index contributed by atoms with van der Waals surface area (Å²) in [7, 11) is -4.68. The van der Waals surface area contributed by atoms with Gasteiger partial charge in [-0.15, -0.1) is 0 Å². The van der Waals surface area contributed by atoms with E-state index in [1.807, 2.05) is 25.1 Å². The summed E-state index contributed by atoms with van der Waals surface area (Å²) in [6.07, 6.45) is -0.0857. The van der Waals surface area contributed by atoms with Crippen molar-refractivity contribution in [3.8, 4) is 0 Å². The van der Waals surface area contributed by atoms with Crippen molar-refractivity contribution < 1.29 is 14.7 Å². The Morgan fingerprint density at radius 3 is 1.81 bits per heavy atom. The van der Waals surface area contributed by atoms with Gasteiger partial charge in [-0.25, -0.2) is 0 Å². The second kappa shape index (κ2) is 6.72. The van der Waals surface area contributed by atoms with Gasteiger partial charge in [0.1, 0.15) is 0 Å². The van der Waals surface area contributed by atoms with E-state index in [1.54, 1.807) is 12.1 Å². The third kappa shape index (κ3) is 6.01. The molecule has 0 saturated carbocycles. The zero-order valence-corrected chi connectivity index (χ0v) is 14.7. The Hall–Kier alpha value is -0.510. The fourth-order valence-electron chi connectivity index (χ4n) is 3.27. The van der Waals surface area contributed by atoms with Crippen molar-refractivity contribution in [3.63, 3.8) is 0 Å². The van der Waals surface area contributed by atoms with E-state index in [0.717, 1.165) is 5.56 Å². The predicted molar refractivity (Wildman–Crippen MR) is 90.2 cm³/mol. The Morgan fingerprint density at radius 2 is 1.38 bits per heavy atom. The van der Waals surface area contributed by atoms with Gasteiger partial charge in [0.25, 0.3) is 0 Å². The minimum atomic E-state index is -4.68. The molecular weight excluding hydrogens is 285 g/mol. The van der Waals surface area contributed by atoms with Crippen LogP contribution in [0.3, 0.4) is 0 Å². The van der Waals surface area contributed by atoms with Crippen LogP contribution in [0.2, 0.25) is 0 Å². The van der Waals surface area contributed by atoms with E-state index in [0.29, 0.717) is 0 Å².